The van der Waals surface area contributed by atoms with Crippen molar-refractivity contribution in [1.29, 1.82) is 0 Å². The molecular formula is C28H35N5O5S. The summed E-state index contributed by atoms with van der Waals surface area (Å²) in [4.78, 5) is 26.5. The summed E-state index contributed by atoms with van der Waals surface area (Å²) >= 11 is 0. The van der Waals surface area contributed by atoms with Crippen molar-refractivity contribution in [3.8, 4) is 5.69 Å². The lowest BCUT2D eigenvalue weighted by atomic mass is 9.90. The summed E-state index contributed by atoms with van der Waals surface area (Å²) in [5, 5.41) is 8.18. The van der Waals surface area contributed by atoms with Crippen LogP contribution >= 0.6 is 0 Å². The van der Waals surface area contributed by atoms with Crippen LogP contribution in [-0.4, -0.2) is 80.6 Å². The largest absolute Gasteiger partial charge is 0.374 e. The molecular weight excluding hydrogens is 518 g/mol. The van der Waals surface area contributed by atoms with Gasteiger partial charge in [-0.25, -0.2) is 13.1 Å². The van der Waals surface area contributed by atoms with Crippen molar-refractivity contribution in [1.82, 2.24) is 20.0 Å². The first kappa shape index (κ1) is 27.1. The number of carbonyl (C=O) groups excluding carboxylic acids is 2. The zero-order valence-corrected chi connectivity index (χ0v) is 23.8. The maximum atomic E-state index is 13.2. The molecule has 2 aromatic carbocycles. The van der Waals surface area contributed by atoms with Crippen LogP contribution in [-0.2, 0) is 19.6 Å². The van der Waals surface area contributed by atoms with Crippen LogP contribution in [0.25, 0.3) is 16.6 Å². The highest BCUT2D eigenvalue weighted by molar-refractivity contribution is 7.92. The van der Waals surface area contributed by atoms with Crippen LogP contribution in [0.3, 0.4) is 0 Å². The molecule has 2 amide bonds. The third-order valence-electron chi connectivity index (χ3n) is 7.83. The zero-order valence-electron chi connectivity index (χ0n) is 23.0. The van der Waals surface area contributed by atoms with Crippen LogP contribution in [0.1, 0.15) is 53.7 Å². The van der Waals surface area contributed by atoms with Gasteiger partial charge in [0.1, 0.15) is 11.3 Å². The third-order valence-corrected chi connectivity index (χ3v) is 9.01. The first-order chi connectivity index (χ1) is 18.5. The number of methoxy groups -OCH3 is 1. The van der Waals surface area contributed by atoms with E-state index in [4.69, 9.17) is 9.84 Å². The van der Waals surface area contributed by atoms with Gasteiger partial charge in [-0.3, -0.25) is 13.9 Å². The van der Waals surface area contributed by atoms with Gasteiger partial charge in [0, 0.05) is 33.0 Å². The minimum Gasteiger partial charge on any atom is -0.374 e. The topological polar surface area (TPSA) is 114 Å². The van der Waals surface area contributed by atoms with Gasteiger partial charge in [-0.2, -0.15) is 5.10 Å². The Bertz CT molecular complexity index is 1540. The average molecular weight is 554 g/mol. The molecule has 11 heteroatoms. The molecule has 5 rings (SSSR count). The number of aryl methyl sites for hydroxylation is 1. The van der Waals surface area contributed by atoms with Gasteiger partial charge in [-0.05, 0) is 61.9 Å². The maximum Gasteiger partial charge on any atom is 0.270 e. The molecule has 39 heavy (non-hydrogen) atoms. The van der Waals surface area contributed by atoms with Gasteiger partial charge in [-0.1, -0.05) is 17.7 Å². The molecule has 2 fully saturated rings. The summed E-state index contributed by atoms with van der Waals surface area (Å²) in [5.41, 5.74) is 3.67. The van der Waals surface area contributed by atoms with Crippen LogP contribution in [0.15, 0.2) is 36.4 Å². The summed E-state index contributed by atoms with van der Waals surface area (Å²) in [7, 11) is -0.473. The number of sulfonamides is 1. The van der Waals surface area contributed by atoms with Gasteiger partial charge in [0.25, 0.3) is 5.91 Å². The van der Waals surface area contributed by atoms with Gasteiger partial charge >= 0.3 is 0 Å². The van der Waals surface area contributed by atoms with E-state index >= 15 is 0 Å². The van der Waals surface area contributed by atoms with Crippen LogP contribution in [0.4, 0.5) is 5.69 Å². The second-order valence-corrected chi connectivity index (χ2v) is 12.6. The fourth-order valence-corrected chi connectivity index (χ4v) is 6.26. The Balaban J connectivity index is 1.60. The van der Waals surface area contributed by atoms with Gasteiger partial charge in [0.05, 0.1) is 36.2 Å². The molecule has 1 aliphatic heterocycles. The lowest BCUT2D eigenvalue weighted by molar-refractivity contribution is -0.160. The normalized spacial score (nSPS) is 16.7. The molecule has 0 radical (unpaired) electrons. The molecule has 1 aromatic heterocycles. The van der Waals surface area contributed by atoms with Crippen LogP contribution in [0.5, 0.6) is 0 Å². The SMILES string of the molecule is CNC(=O)c1c2cc(C3CC3)c(N(CCC3(OC)CN(C(C)=O)C3)S(C)(=O)=O)cc2nn1-c1ccc(C)cc1. The molecule has 1 aliphatic carbocycles. The van der Waals surface area contributed by atoms with Crippen LogP contribution in [0.2, 0.25) is 0 Å². The smallest absolute Gasteiger partial charge is 0.270 e. The van der Waals surface area contributed by atoms with Crippen molar-refractivity contribution in [2.24, 2.45) is 0 Å². The van der Waals surface area contributed by atoms with Crippen LogP contribution in [0, 0.1) is 6.92 Å². The molecule has 3 aromatic rings. The molecule has 0 atom stereocenters. The predicted molar refractivity (Wildman–Crippen MR) is 150 cm³/mol. The molecule has 1 saturated carbocycles. The Morgan fingerprint density at radius 1 is 1.18 bits per heavy atom. The summed E-state index contributed by atoms with van der Waals surface area (Å²) in [6.07, 6.45) is 3.54. The predicted octanol–water partition coefficient (Wildman–Crippen LogP) is 2.97. The molecule has 0 spiro atoms. The van der Waals surface area contributed by atoms with Crippen molar-refractivity contribution >= 4 is 38.4 Å². The second-order valence-electron chi connectivity index (χ2n) is 10.7. The van der Waals surface area contributed by atoms with Crippen molar-refractivity contribution in [2.45, 2.75) is 44.6 Å². The minimum atomic E-state index is -3.66. The highest BCUT2D eigenvalue weighted by Gasteiger charge is 2.45. The summed E-state index contributed by atoms with van der Waals surface area (Å²) in [6.45, 7) is 4.57. The fraction of sp³-hybridized carbons (Fsp3) is 0.464. The fourth-order valence-electron chi connectivity index (χ4n) is 5.32. The van der Waals surface area contributed by atoms with E-state index < -0.39 is 15.6 Å². The van der Waals surface area contributed by atoms with Gasteiger partial charge < -0.3 is 15.0 Å². The standard InChI is InChI=1S/C28H35N5O5S/c1-18-6-10-21(11-7-18)33-26(27(35)29-3)23-14-22(20-8-9-20)25(15-24(23)30-33)32(39(5,36)37)13-12-28(38-4)16-31(17-28)19(2)34/h6-7,10-11,14-15,20H,8-9,12-13,16-17H2,1-5H3,(H,29,35). The molecule has 1 saturated heterocycles. The Morgan fingerprint density at radius 3 is 2.38 bits per heavy atom. The average Bonchev–Trinajstić information content (AvgIpc) is 3.64. The van der Waals surface area contributed by atoms with Gasteiger partial charge in [0.2, 0.25) is 15.9 Å². The number of hydrogen-bond donors (Lipinski definition) is 1. The van der Waals surface area contributed by atoms with Crippen molar-refractivity contribution in [3.05, 3.63) is 53.2 Å². The van der Waals surface area contributed by atoms with E-state index in [-0.39, 0.29) is 24.3 Å². The first-order valence-electron chi connectivity index (χ1n) is 13.1. The molecule has 2 heterocycles. The highest BCUT2D eigenvalue weighted by Crippen LogP contribution is 2.47. The minimum absolute atomic E-state index is 0.0276. The molecule has 0 bridgehead atoms. The van der Waals surface area contributed by atoms with Gasteiger partial charge in [0.15, 0.2) is 0 Å². The number of amides is 2. The lowest BCUT2D eigenvalue weighted by Gasteiger charge is -2.49. The van der Waals surface area contributed by atoms with E-state index in [1.807, 2.05) is 37.3 Å². The number of aromatic nitrogens is 2. The summed E-state index contributed by atoms with van der Waals surface area (Å²) < 4.78 is 35.1. The number of likely N-dealkylation sites (tertiary alicyclic amines) is 1. The van der Waals surface area contributed by atoms with E-state index in [1.54, 1.807) is 29.8 Å². The quantitative estimate of drug-likeness (QED) is 0.436. The molecule has 0 unspecified atom stereocenters. The van der Waals surface area contributed by atoms with E-state index in [9.17, 15) is 18.0 Å². The number of anilines is 1. The van der Waals surface area contributed by atoms with Crippen molar-refractivity contribution < 1.29 is 22.7 Å². The summed E-state index contributed by atoms with van der Waals surface area (Å²) in [6, 6.07) is 11.5. The first-order valence-corrected chi connectivity index (χ1v) is 15.0. The Hall–Kier alpha value is -3.44. The van der Waals surface area contributed by atoms with E-state index in [0.717, 1.165) is 29.7 Å². The van der Waals surface area contributed by atoms with Gasteiger partial charge in [-0.15, -0.1) is 0 Å². The van der Waals surface area contributed by atoms with Crippen LogP contribution < -0.4 is 9.62 Å². The third kappa shape index (κ3) is 5.12. The number of rotatable bonds is 9. The lowest BCUT2D eigenvalue weighted by Crippen LogP contribution is -2.64. The molecule has 2 aliphatic rings. The number of fused-ring (bicyclic) bond motifs is 1. The summed E-state index contributed by atoms with van der Waals surface area (Å²) in [5.74, 6) is -0.0861. The van der Waals surface area contributed by atoms with Crippen molar-refractivity contribution in [3.63, 3.8) is 0 Å². The van der Waals surface area contributed by atoms with Crippen molar-refractivity contribution in [2.75, 3.05) is 44.4 Å². The molecule has 1 N–H and O–H groups in total. The number of benzene rings is 2. The number of ether oxygens (including phenoxy) is 1. The zero-order chi connectivity index (χ0) is 28.1. The monoisotopic (exact) mass is 553 g/mol. The van der Waals surface area contributed by atoms with E-state index in [2.05, 4.69) is 5.32 Å². The van der Waals surface area contributed by atoms with E-state index in [0.29, 0.717) is 41.8 Å². The number of carbonyl (C=O) groups is 2. The highest BCUT2D eigenvalue weighted by atomic mass is 32.2. The maximum absolute atomic E-state index is 13.2. The number of nitrogens with one attached hydrogen (secondary N) is 1. The Morgan fingerprint density at radius 2 is 1.85 bits per heavy atom. The Labute approximate surface area is 229 Å². The number of hydrogen-bond acceptors (Lipinski definition) is 6. The number of nitrogens with zero attached hydrogens (tertiary/aromatic N) is 4. The Kier molecular flexibility index (Phi) is 6.92. The molecule has 10 nitrogen and oxygen atoms in total. The van der Waals surface area contributed by atoms with E-state index in [1.165, 1.54) is 17.5 Å². The molecule has 208 valence electrons. The second kappa shape index (κ2) is 9.95.